The van der Waals surface area contributed by atoms with Crippen LogP contribution in [0.2, 0.25) is 0 Å². The van der Waals surface area contributed by atoms with E-state index in [0.29, 0.717) is 5.92 Å². The van der Waals surface area contributed by atoms with E-state index in [1.807, 2.05) is 6.07 Å². The zero-order valence-corrected chi connectivity index (χ0v) is 9.36. The van der Waals surface area contributed by atoms with E-state index >= 15 is 0 Å². The van der Waals surface area contributed by atoms with Crippen molar-refractivity contribution in [3.05, 3.63) is 24.2 Å². The van der Waals surface area contributed by atoms with E-state index in [-0.39, 0.29) is 6.10 Å². The lowest BCUT2D eigenvalue weighted by Gasteiger charge is -2.29. The van der Waals surface area contributed by atoms with Gasteiger partial charge in [-0.3, -0.25) is 0 Å². The summed E-state index contributed by atoms with van der Waals surface area (Å²) in [6.07, 6.45) is 8.87. The van der Waals surface area contributed by atoms with Gasteiger partial charge in [0, 0.05) is 6.42 Å². The average molecular weight is 208 g/mol. The van der Waals surface area contributed by atoms with E-state index in [1.54, 1.807) is 12.5 Å². The first-order valence-electron chi connectivity index (χ1n) is 5.95. The molecular formula is C13H20O2. The fourth-order valence-corrected chi connectivity index (χ4v) is 2.49. The molecule has 15 heavy (non-hydrogen) atoms. The maximum absolute atomic E-state index is 10.1. The van der Waals surface area contributed by atoms with Crippen LogP contribution < -0.4 is 0 Å². The van der Waals surface area contributed by atoms with Crippen LogP contribution in [0.3, 0.4) is 0 Å². The minimum atomic E-state index is -0.185. The number of aliphatic hydroxyl groups excluding tert-OH is 1. The fourth-order valence-electron chi connectivity index (χ4n) is 2.49. The van der Waals surface area contributed by atoms with Crippen LogP contribution in [0, 0.1) is 11.8 Å². The van der Waals surface area contributed by atoms with Crippen molar-refractivity contribution < 1.29 is 9.52 Å². The Morgan fingerprint density at radius 2 is 2.13 bits per heavy atom. The summed E-state index contributed by atoms with van der Waals surface area (Å²) >= 11 is 0. The van der Waals surface area contributed by atoms with Crippen LogP contribution in [0.1, 0.15) is 38.2 Å². The lowest BCUT2D eigenvalue weighted by Crippen LogP contribution is -2.26. The predicted octanol–water partition coefficient (Wildman–Crippen LogP) is 3.01. The van der Waals surface area contributed by atoms with Crippen molar-refractivity contribution >= 4 is 0 Å². The van der Waals surface area contributed by atoms with Crippen molar-refractivity contribution in [2.45, 2.75) is 45.1 Å². The Kier molecular flexibility index (Phi) is 3.47. The Hall–Kier alpha value is -0.760. The largest absolute Gasteiger partial charge is 0.472 e. The summed E-state index contributed by atoms with van der Waals surface area (Å²) < 4.78 is 5.01. The SMILES string of the molecule is CC1CCC(C(O)Cc2ccoc2)CC1. The van der Waals surface area contributed by atoms with Crippen molar-refractivity contribution in [1.82, 2.24) is 0 Å². The Morgan fingerprint density at radius 1 is 1.40 bits per heavy atom. The lowest BCUT2D eigenvalue weighted by atomic mass is 9.79. The predicted molar refractivity (Wildman–Crippen MR) is 59.5 cm³/mol. The number of aliphatic hydroxyl groups is 1. The highest BCUT2D eigenvalue weighted by atomic mass is 16.3. The number of furan rings is 1. The summed E-state index contributed by atoms with van der Waals surface area (Å²) in [7, 11) is 0. The summed E-state index contributed by atoms with van der Waals surface area (Å²) in [5.41, 5.74) is 1.11. The fraction of sp³-hybridized carbons (Fsp3) is 0.692. The molecule has 1 N–H and O–H groups in total. The first-order valence-corrected chi connectivity index (χ1v) is 5.95. The minimum Gasteiger partial charge on any atom is -0.472 e. The molecule has 0 aliphatic heterocycles. The second kappa shape index (κ2) is 4.84. The summed E-state index contributed by atoms with van der Waals surface area (Å²) in [4.78, 5) is 0. The first-order chi connectivity index (χ1) is 7.25. The monoisotopic (exact) mass is 208 g/mol. The molecule has 1 heterocycles. The third-order valence-electron chi connectivity index (χ3n) is 3.63. The smallest absolute Gasteiger partial charge is 0.0935 e. The third kappa shape index (κ3) is 2.85. The van der Waals surface area contributed by atoms with Gasteiger partial charge in [0.1, 0.15) is 0 Å². The molecule has 0 saturated heterocycles. The zero-order chi connectivity index (χ0) is 10.7. The molecule has 0 amide bonds. The molecule has 1 aromatic heterocycles. The van der Waals surface area contributed by atoms with Gasteiger partial charge in [-0.15, -0.1) is 0 Å². The molecule has 2 heteroatoms. The molecule has 1 aliphatic carbocycles. The molecule has 1 atom stereocenters. The summed E-state index contributed by atoms with van der Waals surface area (Å²) in [5, 5.41) is 10.1. The summed E-state index contributed by atoms with van der Waals surface area (Å²) in [6, 6.07) is 1.94. The van der Waals surface area contributed by atoms with Crippen LogP contribution >= 0.6 is 0 Å². The maximum atomic E-state index is 10.1. The van der Waals surface area contributed by atoms with E-state index in [4.69, 9.17) is 4.42 Å². The van der Waals surface area contributed by atoms with E-state index in [9.17, 15) is 5.11 Å². The van der Waals surface area contributed by atoms with Gasteiger partial charge in [-0.25, -0.2) is 0 Å². The standard InChI is InChI=1S/C13H20O2/c1-10-2-4-12(5-3-10)13(14)8-11-6-7-15-9-11/h6-7,9-10,12-14H,2-5,8H2,1H3. The van der Waals surface area contributed by atoms with Gasteiger partial charge in [0.2, 0.25) is 0 Å². The van der Waals surface area contributed by atoms with Crippen molar-refractivity contribution in [1.29, 1.82) is 0 Å². The van der Waals surface area contributed by atoms with Gasteiger partial charge in [-0.1, -0.05) is 19.8 Å². The highest BCUT2D eigenvalue weighted by molar-refractivity contribution is 5.07. The van der Waals surface area contributed by atoms with Crippen molar-refractivity contribution in [3.8, 4) is 0 Å². The van der Waals surface area contributed by atoms with Crippen LogP contribution in [0.25, 0.3) is 0 Å². The quantitative estimate of drug-likeness (QED) is 0.828. The molecule has 2 rings (SSSR count). The molecule has 1 unspecified atom stereocenters. The zero-order valence-electron chi connectivity index (χ0n) is 9.36. The molecule has 2 nitrogen and oxygen atoms in total. The third-order valence-corrected chi connectivity index (χ3v) is 3.63. The van der Waals surface area contributed by atoms with Gasteiger partial charge in [-0.05, 0) is 36.3 Å². The van der Waals surface area contributed by atoms with Crippen LogP contribution in [0.15, 0.2) is 23.0 Å². The van der Waals surface area contributed by atoms with Crippen LogP contribution in [0.5, 0.6) is 0 Å². The molecule has 1 aliphatic rings. The number of hydrogen-bond donors (Lipinski definition) is 1. The van der Waals surface area contributed by atoms with Gasteiger partial charge in [0.05, 0.1) is 18.6 Å². The van der Waals surface area contributed by atoms with Gasteiger partial charge in [0.25, 0.3) is 0 Å². The van der Waals surface area contributed by atoms with Crippen LogP contribution in [-0.2, 0) is 6.42 Å². The topological polar surface area (TPSA) is 33.4 Å². The van der Waals surface area contributed by atoms with Gasteiger partial charge in [0.15, 0.2) is 0 Å². The Morgan fingerprint density at radius 3 is 2.73 bits per heavy atom. The van der Waals surface area contributed by atoms with Gasteiger partial charge < -0.3 is 9.52 Å². The molecule has 0 spiro atoms. The van der Waals surface area contributed by atoms with Crippen LogP contribution in [0.4, 0.5) is 0 Å². The Balaban J connectivity index is 1.83. The second-order valence-corrected chi connectivity index (χ2v) is 4.92. The Labute approximate surface area is 91.3 Å². The maximum Gasteiger partial charge on any atom is 0.0935 e. The van der Waals surface area contributed by atoms with Gasteiger partial charge in [-0.2, -0.15) is 0 Å². The molecular weight excluding hydrogens is 188 g/mol. The van der Waals surface area contributed by atoms with Crippen LogP contribution in [-0.4, -0.2) is 11.2 Å². The van der Waals surface area contributed by atoms with E-state index in [0.717, 1.165) is 17.9 Å². The second-order valence-electron chi connectivity index (χ2n) is 4.92. The van der Waals surface area contributed by atoms with E-state index < -0.39 is 0 Å². The molecule has 84 valence electrons. The van der Waals surface area contributed by atoms with Gasteiger partial charge >= 0.3 is 0 Å². The normalized spacial score (nSPS) is 28.9. The molecule has 0 radical (unpaired) electrons. The van der Waals surface area contributed by atoms with Crippen molar-refractivity contribution in [3.63, 3.8) is 0 Å². The highest BCUT2D eigenvalue weighted by Crippen LogP contribution is 2.31. The number of hydrogen-bond acceptors (Lipinski definition) is 2. The van der Waals surface area contributed by atoms with E-state index in [1.165, 1.54) is 25.7 Å². The molecule has 0 aromatic carbocycles. The summed E-state index contributed by atoms with van der Waals surface area (Å²) in [6.45, 7) is 2.30. The summed E-state index contributed by atoms with van der Waals surface area (Å²) in [5.74, 6) is 1.35. The Bertz CT molecular complexity index is 271. The van der Waals surface area contributed by atoms with Crippen molar-refractivity contribution in [2.24, 2.45) is 11.8 Å². The highest BCUT2D eigenvalue weighted by Gasteiger charge is 2.24. The molecule has 0 bridgehead atoms. The first kappa shape index (κ1) is 10.7. The van der Waals surface area contributed by atoms with E-state index in [2.05, 4.69) is 6.92 Å². The molecule has 1 fully saturated rings. The molecule has 1 saturated carbocycles. The number of rotatable bonds is 3. The average Bonchev–Trinajstić information content (AvgIpc) is 2.71. The molecule has 1 aromatic rings. The van der Waals surface area contributed by atoms with Crippen molar-refractivity contribution in [2.75, 3.05) is 0 Å². The lowest BCUT2D eigenvalue weighted by molar-refractivity contribution is 0.0759. The minimum absolute atomic E-state index is 0.185.